The maximum absolute atomic E-state index is 13.7. The Hall–Kier alpha value is -4.20. The van der Waals surface area contributed by atoms with Gasteiger partial charge in [0.05, 0.1) is 27.3 Å². The normalized spacial score (nSPS) is 14.5. The molecule has 3 aromatic rings. The number of anilines is 3. The Bertz CT molecular complexity index is 1620. The number of fused-ring (bicyclic) bond motifs is 1. The number of halogens is 2. The lowest BCUT2D eigenvalue weighted by atomic mass is 9.85. The summed E-state index contributed by atoms with van der Waals surface area (Å²) in [7, 11) is 0. The van der Waals surface area contributed by atoms with Gasteiger partial charge in [-0.1, -0.05) is 43.9 Å². The third kappa shape index (κ3) is 7.65. The van der Waals surface area contributed by atoms with Crippen molar-refractivity contribution in [2.45, 2.75) is 58.6 Å². The number of amides is 2. The molecule has 0 bridgehead atoms. The lowest BCUT2D eigenvalue weighted by Crippen LogP contribution is -2.56. The minimum absolute atomic E-state index is 0.0242. The number of nitrogens with one attached hydrogen (secondary N) is 2. The highest BCUT2D eigenvalue weighted by molar-refractivity contribution is 6.31. The summed E-state index contributed by atoms with van der Waals surface area (Å²) in [5.41, 5.74) is 1.10. The van der Waals surface area contributed by atoms with Gasteiger partial charge in [0, 0.05) is 24.2 Å². The minimum atomic E-state index is -0.572. The number of carbonyl (C=O) groups is 2. The molecule has 2 aromatic carbocycles. The summed E-state index contributed by atoms with van der Waals surface area (Å²) in [6.45, 7) is 15.9. The third-order valence-corrected chi connectivity index (χ3v) is 7.73. The third-order valence-electron chi connectivity index (χ3n) is 7.44. The predicted molar refractivity (Wildman–Crippen MR) is 173 cm³/mol. The van der Waals surface area contributed by atoms with Gasteiger partial charge in [-0.15, -0.1) is 0 Å². The molecule has 2 heterocycles. The Morgan fingerprint density at radius 1 is 1.18 bits per heavy atom. The smallest absolute Gasteiger partial charge is 0.410 e. The second-order valence-corrected chi connectivity index (χ2v) is 11.9. The van der Waals surface area contributed by atoms with Crippen molar-refractivity contribution in [2.24, 2.45) is 0 Å². The fraction of sp³-hybridized carbons (Fsp3) is 0.394. The van der Waals surface area contributed by atoms with Crippen LogP contribution in [0.25, 0.3) is 10.9 Å². The number of hydrogen-bond acceptors (Lipinski definition) is 7. The zero-order valence-corrected chi connectivity index (χ0v) is 26.5. The molecule has 44 heavy (non-hydrogen) atoms. The molecule has 9 nitrogen and oxygen atoms in total. The van der Waals surface area contributed by atoms with Crippen LogP contribution in [0.2, 0.25) is 5.02 Å². The quantitative estimate of drug-likeness (QED) is 0.223. The first-order valence-electron chi connectivity index (χ1n) is 14.6. The average molecular weight is 621 g/mol. The molecular weight excluding hydrogens is 583 g/mol. The number of benzene rings is 2. The fourth-order valence-electron chi connectivity index (χ4n) is 5.22. The molecule has 2 N–H and O–H groups in total. The Kier molecular flexibility index (Phi) is 10.1. The van der Waals surface area contributed by atoms with Crippen molar-refractivity contribution in [1.29, 1.82) is 0 Å². The molecule has 2 amide bonds. The van der Waals surface area contributed by atoms with Gasteiger partial charge in [-0.25, -0.2) is 19.2 Å². The molecule has 1 aromatic heterocycles. The number of piperidine rings is 1. The van der Waals surface area contributed by atoms with Crippen molar-refractivity contribution in [2.75, 3.05) is 36.8 Å². The van der Waals surface area contributed by atoms with E-state index in [2.05, 4.69) is 57.8 Å². The molecule has 0 atom stereocenters. The van der Waals surface area contributed by atoms with Crippen molar-refractivity contribution in [1.82, 2.24) is 19.8 Å². The molecule has 1 aliphatic heterocycles. The highest BCUT2D eigenvalue weighted by Gasteiger charge is 2.39. The van der Waals surface area contributed by atoms with Crippen molar-refractivity contribution in [3.8, 4) is 11.8 Å². The summed E-state index contributed by atoms with van der Waals surface area (Å²) < 4.78 is 19.3. The molecule has 11 heteroatoms. The van der Waals surface area contributed by atoms with E-state index in [4.69, 9.17) is 16.3 Å². The van der Waals surface area contributed by atoms with E-state index >= 15 is 0 Å². The Balaban J connectivity index is 1.73. The van der Waals surface area contributed by atoms with Gasteiger partial charge in [0.2, 0.25) is 5.91 Å². The Morgan fingerprint density at radius 2 is 1.89 bits per heavy atom. The van der Waals surface area contributed by atoms with E-state index in [1.807, 2.05) is 20.8 Å². The van der Waals surface area contributed by atoms with E-state index in [0.717, 1.165) is 13.1 Å². The number of rotatable bonds is 7. The molecule has 0 aliphatic carbocycles. The maximum Gasteiger partial charge on any atom is 0.410 e. The zero-order valence-electron chi connectivity index (χ0n) is 25.8. The van der Waals surface area contributed by atoms with E-state index in [-0.39, 0.29) is 11.1 Å². The van der Waals surface area contributed by atoms with E-state index in [9.17, 15) is 14.0 Å². The number of likely N-dealkylation sites (tertiary alicyclic amines) is 1. The van der Waals surface area contributed by atoms with Crippen LogP contribution in [0.1, 0.15) is 53.0 Å². The summed E-state index contributed by atoms with van der Waals surface area (Å²) in [4.78, 5) is 38.1. The van der Waals surface area contributed by atoms with Gasteiger partial charge in [0.1, 0.15) is 23.6 Å². The number of ether oxygens (including phenoxy) is 1. The highest BCUT2D eigenvalue weighted by Crippen LogP contribution is 2.32. The van der Waals surface area contributed by atoms with Crippen LogP contribution in [0.5, 0.6) is 0 Å². The SMILES string of the molecule is C=CC(=O)Nc1cc2c(Nc3ccc(F)c(Cl)c3)ncnc2cc1C#CC1(N(CC)CC)CCN(C(=O)OC(C)(C)C)CC1. The average Bonchev–Trinajstić information content (AvgIpc) is 2.98. The van der Waals surface area contributed by atoms with Gasteiger partial charge >= 0.3 is 6.09 Å². The molecule has 1 aliphatic rings. The molecule has 1 fully saturated rings. The molecule has 0 radical (unpaired) electrons. The fourth-order valence-corrected chi connectivity index (χ4v) is 5.40. The first kappa shape index (κ1) is 32.7. The van der Waals surface area contributed by atoms with Crippen LogP contribution in [-0.2, 0) is 9.53 Å². The Morgan fingerprint density at radius 3 is 2.50 bits per heavy atom. The van der Waals surface area contributed by atoms with Gasteiger partial charge in [0.15, 0.2) is 0 Å². The van der Waals surface area contributed by atoms with E-state index in [1.165, 1.54) is 24.5 Å². The van der Waals surface area contributed by atoms with E-state index in [1.54, 1.807) is 23.1 Å². The second-order valence-electron chi connectivity index (χ2n) is 11.5. The maximum atomic E-state index is 13.7. The van der Waals surface area contributed by atoms with Gasteiger partial charge in [-0.3, -0.25) is 9.69 Å². The van der Waals surface area contributed by atoms with Gasteiger partial charge in [0.25, 0.3) is 0 Å². The highest BCUT2D eigenvalue weighted by atomic mass is 35.5. The number of nitrogens with zero attached hydrogens (tertiary/aromatic N) is 4. The van der Waals surface area contributed by atoms with Gasteiger partial charge < -0.3 is 20.3 Å². The van der Waals surface area contributed by atoms with Gasteiger partial charge in [-0.2, -0.15) is 0 Å². The van der Waals surface area contributed by atoms with Crippen LogP contribution >= 0.6 is 11.6 Å². The van der Waals surface area contributed by atoms with Crippen LogP contribution in [0.15, 0.2) is 49.3 Å². The van der Waals surface area contributed by atoms with Crippen molar-refractivity contribution < 1.29 is 18.7 Å². The number of hydrogen-bond donors (Lipinski definition) is 2. The summed E-state index contributed by atoms with van der Waals surface area (Å²) in [5.74, 6) is 6.40. The molecule has 0 spiro atoms. The van der Waals surface area contributed by atoms with Crippen molar-refractivity contribution >= 4 is 51.7 Å². The largest absolute Gasteiger partial charge is 0.444 e. The molecule has 0 unspecified atom stereocenters. The number of aromatic nitrogens is 2. The Labute approximate surface area is 262 Å². The first-order valence-corrected chi connectivity index (χ1v) is 15.0. The molecular formula is C33H38ClFN6O3. The first-order chi connectivity index (χ1) is 20.9. The summed E-state index contributed by atoms with van der Waals surface area (Å²) in [5, 5.41) is 6.61. The lowest BCUT2D eigenvalue weighted by Gasteiger charge is -2.45. The second kappa shape index (κ2) is 13.6. The monoisotopic (exact) mass is 620 g/mol. The van der Waals surface area contributed by atoms with Crippen LogP contribution in [-0.4, -0.2) is 69.1 Å². The standard InChI is InChI=1S/C33H38ClFN6O3/c1-7-29(42)39-27-20-24-28(36-21-37-30(24)38-23-10-11-26(35)25(34)19-23)18-22(27)12-13-33(41(8-2)9-3)14-16-40(17-15-33)31(43)44-32(4,5)6/h7,10-11,18-21H,1,8-9,14-17H2,2-6H3,(H,39,42)(H,36,37,38). The summed E-state index contributed by atoms with van der Waals surface area (Å²) in [6.07, 6.45) is 3.55. The van der Waals surface area contributed by atoms with Crippen LogP contribution in [0, 0.1) is 17.7 Å². The number of carbonyl (C=O) groups excluding carboxylic acids is 2. The molecule has 0 saturated carbocycles. The van der Waals surface area contributed by atoms with Crippen molar-refractivity contribution in [3.05, 3.63) is 65.7 Å². The van der Waals surface area contributed by atoms with E-state index in [0.29, 0.717) is 59.6 Å². The molecule has 4 rings (SSSR count). The van der Waals surface area contributed by atoms with Crippen LogP contribution in [0.3, 0.4) is 0 Å². The molecule has 1 saturated heterocycles. The van der Waals surface area contributed by atoms with Crippen LogP contribution < -0.4 is 10.6 Å². The minimum Gasteiger partial charge on any atom is -0.444 e. The van der Waals surface area contributed by atoms with Crippen molar-refractivity contribution in [3.63, 3.8) is 0 Å². The predicted octanol–water partition coefficient (Wildman–Crippen LogP) is 6.75. The topological polar surface area (TPSA) is 99.7 Å². The summed E-state index contributed by atoms with van der Waals surface area (Å²) in [6, 6.07) is 7.84. The van der Waals surface area contributed by atoms with Crippen LogP contribution in [0.4, 0.5) is 26.4 Å². The summed E-state index contributed by atoms with van der Waals surface area (Å²) >= 11 is 5.97. The van der Waals surface area contributed by atoms with E-state index < -0.39 is 22.9 Å². The lowest BCUT2D eigenvalue weighted by molar-refractivity contribution is -0.111. The zero-order chi connectivity index (χ0) is 32.1. The van der Waals surface area contributed by atoms with Gasteiger partial charge in [-0.05, 0) is 83.1 Å². The molecule has 232 valence electrons.